The summed E-state index contributed by atoms with van der Waals surface area (Å²) in [6.45, 7) is 0. The third kappa shape index (κ3) is 2.35. The van der Waals surface area contributed by atoms with Gasteiger partial charge >= 0.3 is 0 Å². The molecule has 0 unspecified atom stereocenters. The fourth-order valence-electron chi connectivity index (χ4n) is 2.27. The van der Waals surface area contributed by atoms with Crippen LogP contribution in [0.3, 0.4) is 0 Å². The average Bonchev–Trinajstić information content (AvgIpc) is 2.83. The Labute approximate surface area is 95.0 Å². The molecule has 0 bridgehead atoms. The number of carbonyl (C=O) groups is 1. The summed E-state index contributed by atoms with van der Waals surface area (Å²) in [7, 11) is 1.77. The van der Waals surface area contributed by atoms with E-state index in [1.807, 2.05) is 0 Å². The largest absolute Gasteiger partial charge is 0.394 e. The zero-order chi connectivity index (χ0) is 11.5. The monoisotopic (exact) mass is 222 g/mol. The van der Waals surface area contributed by atoms with Crippen molar-refractivity contribution < 1.29 is 4.79 Å². The summed E-state index contributed by atoms with van der Waals surface area (Å²) in [5.41, 5.74) is 6.22. The number of anilines is 2. The number of nitrogens with zero attached hydrogens (tertiary/aromatic N) is 2. The van der Waals surface area contributed by atoms with Crippen molar-refractivity contribution >= 4 is 17.4 Å². The van der Waals surface area contributed by atoms with Crippen LogP contribution >= 0.6 is 0 Å². The van der Waals surface area contributed by atoms with Gasteiger partial charge in [-0.05, 0) is 18.8 Å². The van der Waals surface area contributed by atoms with E-state index in [4.69, 9.17) is 5.73 Å². The quantitative estimate of drug-likeness (QED) is 0.814. The fraction of sp³-hybridized carbons (Fsp3) is 0.636. The highest BCUT2D eigenvalue weighted by molar-refractivity contribution is 5.92. The van der Waals surface area contributed by atoms with E-state index in [0.717, 1.165) is 0 Å². The van der Waals surface area contributed by atoms with Crippen LogP contribution in [0.1, 0.15) is 32.1 Å². The SMILES string of the molecule is Cn1ncc(N)c1NC(=O)CC1CCCC1. The zero-order valence-electron chi connectivity index (χ0n) is 9.57. The predicted molar refractivity (Wildman–Crippen MR) is 62.8 cm³/mol. The van der Waals surface area contributed by atoms with E-state index < -0.39 is 0 Å². The Morgan fingerprint density at radius 2 is 2.31 bits per heavy atom. The number of aromatic nitrogens is 2. The molecule has 1 aliphatic rings. The van der Waals surface area contributed by atoms with Crippen LogP contribution in [-0.4, -0.2) is 15.7 Å². The van der Waals surface area contributed by atoms with E-state index in [1.165, 1.54) is 25.7 Å². The highest BCUT2D eigenvalue weighted by atomic mass is 16.1. The number of nitrogens with one attached hydrogen (secondary N) is 1. The molecule has 3 N–H and O–H groups in total. The number of carbonyl (C=O) groups excluding carboxylic acids is 1. The van der Waals surface area contributed by atoms with Gasteiger partial charge in [-0.3, -0.25) is 9.48 Å². The van der Waals surface area contributed by atoms with Gasteiger partial charge in [0.25, 0.3) is 0 Å². The molecule has 2 rings (SSSR count). The average molecular weight is 222 g/mol. The maximum atomic E-state index is 11.8. The Kier molecular flexibility index (Phi) is 3.12. The molecular weight excluding hydrogens is 204 g/mol. The molecule has 0 atom stereocenters. The second-order valence-electron chi connectivity index (χ2n) is 4.47. The Morgan fingerprint density at radius 1 is 1.62 bits per heavy atom. The van der Waals surface area contributed by atoms with Crippen molar-refractivity contribution in [1.82, 2.24) is 9.78 Å². The number of hydrogen-bond donors (Lipinski definition) is 2. The van der Waals surface area contributed by atoms with Gasteiger partial charge in [0.15, 0.2) is 5.82 Å². The van der Waals surface area contributed by atoms with Crippen LogP contribution in [0.4, 0.5) is 11.5 Å². The molecule has 0 saturated heterocycles. The maximum Gasteiger partial charge on any atom is 0.225 e. The topological polar surface area (TPSA) is 72.9 Å². The Bertz CT molecular complexity index is 360. The van der Waals surface area contributed by atoms with Crippen molar-refractivity contribution in [3.05, 3.63) is 6.20 Å². The molecule has 16 heavy (non-hydrogen) atoms. The fourth-order valence-corrected chi connectivity index (χ4v) is 2.27. The van der Waals surface area contributed by atoms with Gasteiger partial charge in [-0.25, -0.2) is 0 Å². The second kappa shape index (κ2) is 4.55. The van der Waals surface area contributed by atoms with Crippen LogP contribution in [0.25, 0.3) is 0 Å². The second-order valence-corrected chi connectivity index (χ2v) is 4.47. The summed E-state index contributed by atoms with van der Waals surface area (Å²) in [6.07, 6.45) is 7.01. The molecule has 88 valence electrons. The minimum Gasteiger partial charge on any atom is -0.394 e. The summed E-state index contributed by atoms with van der Waals surface area (Å²) >= 11 is 0. The van der Waals surface area contributed by atoms with Crippen LogP contribution in [0.2, 0.25) is 0 Å². The third-order valence-corrected chi connectivity index (χ3v) is 3.17. The minimum atomic E-state index is 0.0437. The molecule has 0 radical (unpaired) electrons. The van der Waals surface area contributed by atoms with Crippen molar-refractivity contribution in [3.8, 4) is 0 Å². The van der Waals surface area contributed by atoms with Crippen LogP contribution < -0.4 is 11.1 Å². The van der Waals surface area contributed by atoms with Crippen molar-refractivity contribution in [2.24, 2.45) is 13.0 Å². The first kappa shape index (κ1) is 11.0. The number of nitrogens with two attached hydrogens (primary N) is 1. The van der Waals surface area contributed by atoms with Crippen molar-refractivity contribution in [2.75, 3.05) is 11.1 Å². The highest BCUT2D eigenvalue weighted by Crippen LogP contribution is 2.28. The zero-order valence-corrected chi connectivity index (χ0v) is 9.57. The van der Waals surface area contributed by atoms with Gasteiger partial charge in [0.05, 0.1) is 11.9 Å². The van der Waals surface area contributed by atoms with Gasteiger partial charge in [-0.2, -0.15) is 5.10 Å². The molecule has 1 aliphatic carbocycles. The first-order chi connectivity index (χ1) is 7.66. The molecule has 1 saturated carbocycles. The molecule has 5 nitrogen and oxygen atoms in total. The van der Waals surface area contributed by atoms with Gasteiger partial charge in [0.2, 0.25) is 5.91 Å². The van der Waals surface area contributed by atoms with Gasteiger partial charge in [-0.1, -0.05) is 12.8 Å². The molecule has 0 aliphatic heterocycles. The van der Waals surface area contributed by atoms with Crippen LogP contribution in [0, 0.1) is 5.92 Å². The molecule has 1 aromatic rings. The number of aryl methyl sites for hydroxylation is 1. The molecular formula is C11H18N4O. The number of rotatable bonds is 3. The lowest BCUT2D eigenvalue weighted by molar-refractivity contribution is -0.117. The third-order valence-electron chi connectivity index (χ3n) is 3.17. The van der Waals surface area contributed by atoms with Crippen molar-refractivity contribution in [2.45, 2.75) is 32.1 Å². The molecule has 5 heteroatoms. The molecule has 1 aromatic heterocycles. The number of amides is 1. The molecule has 0 aromatic carbocycles. The molecule has 0 spiro atoms. The molecule has 1 amide bonds. The lowest BCUT2D eigenvalue weighted by Crippen LogP contribution is -2.17. The molecule has 1 fully saturated rings. The van der Waals surface area contributed by atoms with E-state index in [2.05, 4.69) is 10.4 Å². The van der Waals surface area contributed by atoms with Gasteiger partial charge in [0, 0.05) is 13.5 Å². The van der Waals surface area contributed by atoms with E-state index in [9.17, 15) is 4.79 Å². The van der Waals surface area contributed by atoms with Crippen LogP contribution in [0.5, 0.6) is 0 Å². The number of nitrogen functional groups attached to an aromatic ring is 1. The summed E-state index contributed by atoms with van der Waals surface area (Å²) in [5, 5.41) is 6.80. The Hall–Kier alpha value is -1.52. The van der Waals surface area contributed by atoms with E-state index >= 15 is 0 Å². The smallest absolute Gasteiger partial charge is 0.225 e. The molecule has 1 heterocycles. The maximum absolute atomic E-state index is 11.8. The predicted octanol–water partition coefficient (Wildman–Crippen LogP) is 1.52. The summed E-state index contributed by atoms with van der Waals surface area (Å²) < 4.78 is 1.59. The van der Waals surface area contributed by atoms with Crippen molar-refractivity contribution in [3.63, 3.8) is 0 Å². The number of hydrogen-bond acceptors (Lipinski definition) is 3. The Balaban J connectivity index is 1.91. The van der Waals surface area contributed by atoms with E-state index in [-0.39, 0.29) is 5.91 Å². The standard InChI is InChI=1S/C11H18N4O/c1-15-11(9(12)7-13-15)14-10(16)6-8-4-2-3-5-8/h7-8H,2-6,12H2,1H3,(H,14,16). The van der Waals surface area contributed by atoms with Gasteiger partial charge in [-0.15, -0.1) is 0 Å². The first-order valence-corrected chi connectivity index (χ1v) is 5.74. The Morgan fingerprint density at radius 3 is 2.88 bits per heavy atom. The van der Waals surface area contributed by atoms with Gasteiger partial charge in [0.1, 0.15) is 0 Å². The van der Waals surface area contributed by atoms with E-state index in [0.29, 0.717) is 23.8 Å². The van der Waals surface area contributed by atoms with Crippen LogP contribution in [0.15, 0.2) is 6.20 Å². The normalized spacial score (nSPS) is 16.6. The first-order valence-electron chi connectivity index (χ1n) is 5.74. The lowest BCUT2D eigenvalue weighted by Gasteiger charge is -2.10. The summed E-state index contributed by atoms with van der Waals surface area (Å²) in [6, 6.07) is 0. The highest BCUT2D eigenvalue weighted by Gasteiger charge is 2.19. The summed E-state index contributed by atoms with van der Waals surface area (Å²) in [4.78, 5) is 11.8. The van der Waals surface area contributed by atoms with Crippen LogP contribution in [-0.2, 0) is 11.8 Å². The van der Waals surface area contributed by atoms with Crippen molar-refractivity contribution in [1.29, 1.82) is 0 Å². The minimum absolute atomic E-state index is 0.0437. The van der Waals surface area contributed by atoms with E-state index in [1.54, 1.807) is 17.9 Å². The summed E-state index contributed by atoms with van der Waals surface area (Å²) in [5.74, 6) is 1.19. The lowest BCUT2D eigenvalue weighted by atomic mass is 10.0. The van der Waals surface area contributed by atoms with Gasteiger partial charge < -0.3 is 11.1 Å².